The Morgan fingerprint density at radius 3 is 2.43 bits per heavy atom. The van der Waals surface area contributed by atoms with Crippen LogP contribution < -0.4 is 16.0 Å². The Balaban J connectivity index is 2.12. The lowest BCUT2D eigenvalue weighted by Crippen LogP contribution is -2.48. The smallest absolute Gasteiger partial charge is 0.239 e. The molecule has 1 aliphatic carbocycles. The first-order valence-electron chi connectivity index (χ1n) is 8.16. The highest BCUT2D eigenvalue weighted by atomic mass is 16.2. The molecule has 0 aromatic carbocycles. The van der Waals surface area contributed by atoms with Gasteiger partial charge in [-0.15, -0.1) is 0 Å². The summed E-state index contributed by atoms with van der Waals surface area (Å²) in [5.74, 6) is 1.61. The van der Waals surface area contributed by atoms with Crippen LogP contribution in [0.15, 0.2) is 4.99 Å². The third-order valence-electron chi connectivity index (χ3n) is 3.71. The van der Waals surface area contributed by atoms with Crippen LogP contribution >= 0.6 is 0 Å². The van der Waals surface area contributed by atoms with Crippen LogP contribution in [-0.4, -0.2) is 37.5 Å². The van der Waals surface area contributed by atoms with Gasteiger partial charge in [-0.05, 0) is 39.5 Å². The van der Waals surface area contributed by atoms with Crippen LogP contribution in [0.5, 0.6) is 0 Å². The van der Waals surface area contributed by atoms with Crippen molar-refractivity contribution < 1.29 is 4.79 Å². The zero-order valence-corrected chi connectivity index (χ0v) is 14.1. The maximum absolute atomic E-state index is 11.7. The molecule has 5 nitrogen and oxygen atoms in total. The Morgan fingerprint density at radius 2 is 1.86 bits per heavy atom. The number of carbonyl (C=O) groups is 1. The first-order valence-corrected chi connectivity index (χ1v) is 8.16. The van der Waals surface area contributed by atoms with Crippen molar-refractivity contribution in [2.45, 2.75) is 64.8 Å². The first kappa shape index (κ1) is 17.8. The minimum atomic E-state index is -0.197. The number of rotatable bonds is 6. The summed E-state index contributed by atoms with van der Waals surface area (Å²) in [5, 5.41) is 9.24. The van der Waals surface area contributed by atoms with Gasteiger partial charge >= 0.3 is 0 Å². The Bertz CT molecular complexity index is 341. The van der Waals surface area contributed by atoms with E-state index in [0.717, 1.165) is 12.5 Å². The van der Waals surface area contributed by atoms with E-state index < -0.39 is 0 Å². The molecule has 122 valence electrons. The van der Waals surface area contributed by atoms with Crippen molar-refractivity contribution in [1.82, 2.24) is 16.0 Å². The molecular formula is C16H32N4O. The summed E-state index contributed by atoms with van der Waals surface area (Å²) >= 11 is 0. The average Bonchev–Trinajstić information content (AvgIpc) is 2.89. The number of carbonyl (C=O) groups excluding carboxylic acids is 1. The Hall–Kier alpha value is -1.26. The number of amides is 1. The van der Waals surface area contributed by atoms with E-state index in [9.17, 15) is 4.79 Å². The molecule has 0 unspecified atom stereocenters. The summed E-state index contributed by atoms with van der Waals surface area (Å²) in [7, 11) is 1.73. The van der Waals surface area contributed by atoms with E-state index in [1.165, 1.54) is 38.5 Å². The average molecular weight is 296 g/mol. The van der Waals surface area contributed by atoms with Gasteiger partial charge < -0.3 is 16.0 Å². The molecule has 0 bridgehead atoms. The van der Waals surface area contributed by atoms with E-state index in [4.69, 9.17) is 0 Å². The molecule has 0 spiro atoms. The molecule has 1 rings (SSSR count). The molecule has 0 saturated heterocycles. The monoisotopic (exact) mass is 296 g/mol. The number of nitrogens with one attached hydrogen (secondary N) is 3. The third kappa shape index (κ3) is 8.58. The molecule has 5 heteroatoms. The van der Waals surface area contributed by atoms with Crippen molar-refractivity contribution in [3.05, 3.63) is 0 Å². The van der Waals surface area contributed by atoms with Crippen molar-refractivity contribution in [3.8, 4) is 0 Å². The second kappa shape index (κ2) is 8.90. The third-order valence-corrected chi connectivity index (χ3v) is 3.71. The van der Waals surface area contributed by atoms with E-state index in [1.54, 1.807) is 7.05 Å². The fourth-order valence-corrected chi connectivity index (χ4v) is 2.74. The van der Waals surface area contributed by atoms with Crippen LogP contribution in [0.25, 0.3) is 0 Å². The summed E-state index contributed by atoms with van der Waals surface area (Å²) in [5.41, 5.74) is -0.197. The lowest BCUT2D eigenvalue weighted by molar-refractivity contribution is -0.121. The van der Waals surface area contributed by atoms with Crippen LogP contribution in [0.2, 0.25) is 0 Å². The maximum atomic E-state index is 11.7. The van der Waals surface area contributed by atoms with Gasteiger partial charge in [0.15, 0.2) is 5.96 Å². The highest BCUT2D eigenvalue weighted by molar-refractivity contribution is 5.86. The maximum Gasteiger partial charge on any atom is 0.239 e. The van der Waals surface area contributed by atoms with E-state index in [-0.39, 0.29) is 18.0 Å². The lowest BCUT2D eigenvalue weighted by Gasteiger charge is -2.21. The van der Waals surface area contributed by atoms with Gasteiger partial charge in [-0.1, -0.05) is 25.7 Å². The zero-order valence-electron chi connectivity index (χ0n) is 14.1. The molecule has 21 heavy (non-hydrogen) atoms. The minimum Gasteiger partial charge on any atom is -0.356 e. The van der Waals surface area contributed by atoms with E-state index in [0.29, 0.717) is 5.96 Å². The van der Waals surface area contributed by atoms with Crippen LogP contribution in [0, 0.1) is 5.92 Å². The Morgan fingerprint density at radius 1 is 1.19 bits per heavy atom. The van der Waals surface area contributed by atoms with Gasteiger partial charge in [0.2, 0.25) is 5.91 Å². The Kier molecular flexibility index (Phi) is 7.54. The molecule has 1 amide bonds. The quantitative estimate of drug-likeness (QED) is 0.399. The molecule has 3 N–H and O–H groups in total. The summed E-state index contributed by atoms with van der Waals surface area (Å²) in [6.45, 7) is 7.08. The molecule has 1 aliphatic rings. The molecule has 0 aromatic rings. The summed E-state index contributed by atoms with van der Waals surface area (Å²) in [6, 6.07) is 0. The van der Waals surface area contributed by atoms with E-state index in [1.807, 2.05) is 20.8 Å². The van der Waals surface area contributed by atoms with Crippen LogP contribution in [0.1, 0.15) is 59.3 Å². The van der Waals surface area contributed by atoms with Gasteiger partial charge in [0.1, 0.15) is 0 Å². The Labute approximate surface area is 129 Å². The normalized spacial score (nSPS) is 16.9. The van der Waals surface area contributed by atoms with E-state index in [2.05, 4.69) is 20.9 Å². The van der Waals surface area contributed by atoms with Crippen LogP contribution in [0.4, 0.5) is 0 Å². The zero-order chi connectivity index (χ0) is 15.7. The van der Waals surface area contributed by atoms with Crippen LogP contribution in [0.3, 0.4) is 0 Å². The van der Waals surface area contributed by atoms with Crippen molar-refractivity contribution in [1.29, 1.82) is 0 Å². The van der Waals surface area contributed by atoms with Gasteiger partial charge in [0.05, 0.1) is 6.54 Å². The minimum absolute atomic E-state index is 0.0172. The van der Waals surface area contributed by atoms with Crippen molar-refractivity contribution in [2.24, 2.45) is 10.9 Å². The number of guanidine groups is 1. The summed E-state index contributed by atoms with van der Waals surface area (Å²) < 4.78 is 0. The standard InChI is InChI=1S/C16H32N4O/c1-16(2,3)20-14(21)12-19-15(17-4)18-11-7-10-13-8-5-6-9-13/h13H,5-12H2,1-4H3,(H,20,21)(H2,17,18,19). The lowest BCUT2D eigenvalue weighted by atomic mass is 10.0. The molecule has 0 aliphatic heterocycles. The fraction of sp³-hybridized carbons (Fsp3) is 0.875. The number of hydrogen-bond donors (Lipinski definition) is 3. The molecule has 0 aromatic heterocycles. The van der Waals surface area contributed by atoms with Gasteiger partial charge in [-0.3, -0.25) is 9.79 Å². The van der Waals surface area contributed by atoms with Crippen LogP contribution in [-0.2, 0) is 4.79 Å². The SMILES string of the molecule is CN=C(NCCCC1CCCC1)NCC(=O)NC(C)(C)C. The second-order valence-corrected chi connectivity index (χ2v) is 6.94. The molecule has 1 fully saturated rings. The summed E-state index contributed by atoms with van der Waals surface area (Å²) in [4.78, 5) is 15.9. The molecular weight excluding hydrogens is 264 g/mol. The highest BCUT2D eigenvalue weighted by Crippen LogP contribution is 2.28. The van der Waals surface area contributed by atoms with Crippen molar-refractivity contribution >= 4 is 11.9 Å². The largest absolute Gasteiger partial charge is 0.356 e. The van der Waals surface area contributed by atoms with E-state index >= 15 is 0 Å². The topological polar surface area (TPSA) is 65.5 Å². The number of nitrogens with zero attached hydrogens (tertiary/aromatic N) is 1. The molecule has 1 saturated carbocycles. The summed E-state index contributed by atoms with van der Waals surface area (Å²) in [6.07, 6.45) is 8.09. The van der Waals surface area contributed by atoms with Gasteiger partial charge in [-0.25, -0.2) is 0 Å². The number of hydrogen-bond acceptors (Lipinski definition) is 2. The molecule has 0 heterocycles. The first-order chi connectivity index (χ1) is 9.90. The highest BCUT2D eigenvalue weighted by Gasteiger charge is 2.15. The van der Waals surface area contributed by atoms with Gasteiger partial charge in [-0.2, -0.15) is 0 Å². The van der Waals surface area contributed by atoms with Gasteiger partial charge in [0.25, 0.3) is 0 Å². The molecule has 0 radical (unpaired) electrons. The number of aliphatic imine (C=N–C) groups is 1. The second-order valence-electron chi connectivity index (χ2n) is 6.94. The fourth-order valence-electron chi connectivity index (χ4n) is 2.74. The predicted octanol–water partition coefficient (Wildman–Crippen LogP) is 2.04. The van der Waals surface area contributed by atoms with Gasteiger partial charge in [0, 0.05) is 19.1 Å². The van der Waals surface area contributed by atoms with Crippen molar-refractivity contribution in [2.75, 3.05) is 20.1 Å². The van der Waals surface area contributed by atoms with Crippen molar-refractivity contribution in [3.63, 3.8) is 0 Å². The molecule has 0 atom stereocenters. The predicted molar refractivity (Wildman–Crippen MR) is 88.5 cm³/mol.